The molecule has 0 radical (unpaired) electrons. The summed E-state index contributed by atoms with van der Waals surface area (Å²) in [6, 6.07) is 22.2. The smallest absolute Gasteiger partial charge is 0.120 e. The fourth-order valence-corrected chi connectivity index (χ4v) is 5.02. The largest absolute Gasteiger partial charge is 0.508 e. The normalized spacial score (nSPS) is 12.6. The van der Waals surface area contributed by atoms with E-state index in [0.717, 1.165) is 56.1 Å². The summed E-state index contributed by atoms with van der Waals surface area (Å²) < 4.78 is 11.2. The van der Waals surface area contributed by atoms with E-state index in [1.54, 1.807) is 13.2 Å². The van der Waals surface area contributed by atoms with Crippen molar-refractivity contribution in [3.63, 3.8) is 0 Å². The molecule has 1 aliphatic rings. The molecule has 6 heteroatoms. The number of terminal acetylenes is 1. The average molecular weight is 575 g/mol. The number of anilines is 1. The van der Waals surface area contributed by atoms with E-state index in [4.69, 9.17) is 9.47 Å². The molecular formula is C36H50N2O4. The molecule has 0 spiro atoms. The van der Waals surface area contributed by atoms with Crippen LogP contribution in [0.3, 0.4) is 0 Å². The number of phenols is 1. The van der Waals surface area contributed by atoms with Gasteiger partial charge in [0.2, 0.25) is 0 Å². The van der Waals surface area contributed by atoms with E-state index in [2.05, 4.69) is 60.8 Å². The molecule has 4 rings (SSSR count). The summed E-state index contributed by atoms with van der Waals surface area (Å²) in [4.78, 5) is 4.43. The van der Waals surface area contributed by atoms with Gasteiger partial charge in [0.1, 0.15) is 23.9 Å². The lowest BCUT2D eigenvalue weighted by Gasteiger charge is -2.24. The van der Waals surface area contributed by atoms with Gasteiger partial charge in [-0.05, 0) is 99.2 Å². The predicted molar refractivity (Wildman–Crippen MR) is 175 cm³/mol. The molecule has 3 aromatic carbocycles. The van der Waals surface area contributed by atoms with Crippen LogP contribution < -0.4 is 14.4 Å². The van der Waals surface area contributed by atoms with Crippen molar-refractivity contribution in [2.24, 2.45) is 0 Å². The van der Waals surface area contributed by atoms with Gasteiger partial charge in [-0.25, -0.2) is 0 Å². The van der Waals surface area contributed by atoms with Crippen molar-refractivity contribution in [2.75, 3.05) is 45.3 Å². The summed E-state index contributed by atoms with van der Waals surface area (Å²) in [5, 5.41) is 19.1. The minimum absolute atomic E-state index is 0.254. The Morgan fingerprint density at radius 2 is 1.62 bits per heavy atom. The van der Waals surface area contributed by atoms with Gasteiger partial charge in [0.25, 0.3) is 0 Å². The molecule has 0 heterocycles. The number of aliphatic hydroxyl groups is 1. The van der Waals surface area contributed by atoms with Crippen LogP contribution in [0.5, 0.6) is 17.2 Å². The maximum atomic E-state index is 9.88. The lowest BCUT2D eigenvalue weighted by molar-refractivity contribution is 0.109. The quantitative estimate of drug-likeness (QED) is 0.221. The van der Waals surface area contributed by atoms with Crippen LogP contribution in [0.4, 0.5) is 5.69 Å². The van der Waals surface area contributed by atoms with Crippen molar-refractivity contribution in [3.8, 4) is 30.1 Å². The van der Waals surface area contributed by atoms with Gasteiger partial charge >= 0.3 is 0 Å². The number of benzene rings is 3. The first-order valence-corrected chi connectivity index (χ1v) is 15.0. The van der Waals surface area contributed by atoms with Gasteiger partial charge in [0.05, 0.1) is 13.2 Å². The van der Waals surface area contributed by atoms with Gasteiger partial charge < -0.3 is 29.5 Å². The van der Waals surface area contributed by atoms with E-state index in [-0.39, 0.29) is 6.10 Å². The van der Waals surface area contributed by atoms with Gasteiger partial charge in [0.15, 0.2) is 0 Å². The van der Waals surface area contributed by atoms with Crippen LogP contribution in [0.25, 0.3) is 0 Å². The van der Waals surface area contributed by atoms with Gasteiger partial charge in [-0.15, -0.1) is 12.8 Å². The summed E-state index contributed by atoms with van der Waals surface area (Å²) in [5.74, 6) is 2.16. The zero-order chi connectivity index (χ0) is 30.7. The summed E-state index contributed by atoms with van der Waals surface area (Å²) in [6.45, 7) is 8.09. The Bertz CT molecular complexity index is 1180. The van der Waals surface area contributed by atoms with Crippen LogP contribution >= 0.6 is 0 Å². The Balaban J connectivity index is 0.000000390. The number of phenolic OH excluding ortho intramolecular Hbond substituents is 1. The fraction of sp³-hybridized carbons (Fsp3) is 0.444. The average Bonchev–Trinajstić information content (AvgIpc) is 3.02. The number of aryl methyl sites for hydroxylation is 2. The van der Waals surface area contributed by atoms with Crippen molar-refractivity contribution in [2.45, 2.75) is 65.0 Å². The molecule has 0 bridgehead atoms. The summed E-state index contributed by atoms with van der Waals surface area (Å²) in [6.07, 6.45) is 14.5. The first-order chi connectivity index (χ1) is 20.4. The molecule has 0 fully saturated rings. The van der Waals surface area contributed by atoms with E-state index >= 15 is 0 Å². The zero-order valence-electron chi connectivity index (χ0n) is 26.0. The topological polar surface area (TPSA) is 65.4 Å². The molecule has 0 aromatic heterocycles. The van der Waals surface area contributed by atoms with Crippen molar-refractivity contribution >= 4 is 5.69 Å². The number of hydrogen-bond acceptors (Lipinski definition) is 6. The highest BCUT2D eigenvalue weighted by Crippen LogP contribution is 2.25. The van der Waals surface area contributed by atoms with Crippen LogP contribution in [0.1, 0.15) is 56.2 Å². The van der Waals surface area contributed by atoms with Crippen molar-refractivity contribution in [1.82, 2.24) is 4.90 Å². The number of ether oxygens (including phenoxy) is 2. The third-order valence-electron chi connectivity index (χ3n) is 7.32. The molecule has 1 aliphatic carbocycles. The number of rotatable bonds is 13. The van der Waals surface area contributed by atoms with Gasteiger partial charge in [-0.3, -0.25) is 0 Å². The maximum Gasteiger partial charge on any atom is 0.120 e. The van der Waals surface area contributed by atoms with Crippen LogP contribution in [0, 0.1) is 12.8 Å². The summed E-state index contributed by atoms with van der Waals surface area (Å²) in [7, 11) is 3.71. The zero-order valence-corrected chi connectivity index (χ0v) is 26.0. The van der Waals surface area contributed by atoms with Crippen LogP contribution in [-0.4, -0.2) is 61.6 Å². The minimum Gasteiger partial charge on any atom is -0.508 e. The predicted octanol–water partition coefficient (Wildman–Crippen LogP) is 6.71. The Kier molecular flexibility index (Phi) is 16.0. The fourth-order valence-electron chi connectivity index (χ4n) is 5.02. The van der Waals surface area contributed by atoms with Crippen LogP contribution in [0.15, 0.2) is 66.7 Å². The molecule has 0 unspecified atom stereocenters. The SMILES string of the molecule is C#C.CCC[C@@H](O)CN(C)CCOc1ccc(CN(CC)c2cccc(OC)c2)cc1.Oc1ccc2c(c1)CCCC2. The highest BCUT2D eigenvalue weighted by molar-refractivity contribution is 5.51. The first kappa shape index (κ1) is 34.5. The van der Waals surface area contributed by atoms with Crippen molar-refractivity contribution in [3.05, 3.63) is 83.4 Å². The third-order valence-corrected chi connectivity index (χ3v) is 7.32. The second kappa shape index (κ2) is 19.5. The van der Waals surface area contributed by atoms with E-state index in [1.165, 1.54) is 36.0 Å². The molecule has 6 nitrogen and oxygen atoms in total. The molecular weight excluding hydrogens is 524 g/mol. The molecule has 0 amide bonds. The maximum absolute atomic E-state index is 9.88. The highest BCUT2D eigenvalue weighted by Gasteiger charge is 2.10. The van der Waals surface area contributed by atoms with Crippen LogP contribution in [-0.2, 0) is 19.4 Å². The number of aliphatic hydroxyl groups excluding tert-OH is 1. The minimum atomic E-state index is -0.254. The number of methoxy groups -OCH3 is 1. The van der Waals surface area contributed by atoms with Crippen molar-refractivity contribution < 1.29 is 19.7 Å². The Morgan fingerprint density at radius 1 is 0.905 bits per heavy atom. The molecule has 42 heavy (non-hydrogen) atoms. The van der Waals surface area contributed by atoms with E-state index in [0.29, 0.717) is 18.9 Å². The molecule has 3 aromatic rings. The van der Waals surface area contributed by atoms with E-state index in [9.17, 15) is 10.2 Å². The monoisotopic (exact) mass is 574 g/mol. The van der Waals surface area contributed by atoms with Gasteiger partial charge in [-0.2, -0.15) is 0 Å². The molecule has 2 N–H and O–H groups in total. The second-order valence-electron chi connectivity index (χ2n) is 10.6. The number of fused-ring (bicyclic) bond motifs is 1. The molecule has 0 saturated carbocycles. The summed E-state index contributed by atoms with van der Waals surface area (Å²) in [5.41, 5.74) is 5.16. The molecule has 228 valence electrons. The van der Waals surface area contributed by atoms with Crippen LogP contribution in [0.2, 0.25) is 0 Å². The highest BCUT2D eigenvalue weighted by atomic mass is 16.5. The third kappa shape index (κ3) is 12.1. The Labute approximate surface area is 253 Å². The first-order valence-electron chi connectivity index (χ1n) is 15.0. The lowest BCUT2D eigenvalue weighted by Crippen LogP contribution is -2.32. The Hall–Kier alpha value is -3.66. The van der Waals surface area contributed by atoms with Gasteiger partial charge in [0, 0.05) is 37.9 Å². The molecule has 1 atom stereocenters. The number of hydrogen-bond donors (Lipinski definition) is 2. The second-order valence-corrected chi connectivity index (χ2v) is 10.6. The molecule has 0 aliphatic heterocycles. The number of likely N-dealkylation sites (N-methyl/N-ethyl adjacent to an activating group) is 1. The van der Waals surface area contributed by atoms with E-state index in [1.807, 2.05) is 43.4 Å². The van der Waals surface area contributed by atoms with Crippen molar-refractivity contribution in [1.29, 1.82) is 0 Å². The number of aromatic hydroxyl groups is 1. The summed E-state index contributed by atoms with van der Waals surface area (Å²) >= 11 is 0. The van der Waals surface area contributed by atoms with E-state index < -0.39 is 0 Å². The van der Waals surface area contributed by atoms with Gasteiger partial charge in [-0.1, -0.05) is 37.6 Å². The standard InChI is InChI=1S/C24H36N2O3.C10H12O.C2H2/c1-5-8-22(27)19-25(3)15-16-29-23-13-11-20(12-14-23)18-26(6-2)21-9-7-10-24(17-21)28-4;11-10-6-5-8-3-1-2-4-9(8)7-10;1-2/h7,9-14,17,22,27H,5-6,8,15-16,18-19H2,1-4H3;5-7,11H,1-4H2;1-2H/t22-;;/m1../s1. The Morgan fingerprint density at radius 3 is 2.29 bits per heavy atom. The number of nitrogens with zero attached hydrogens (tertiary/aromatic N) is 2. The molecule has 0 saturated heterocycles. The lowest BCUT2D eigenvalue weighted by atomic mass is 9.92.